The van der Waals surface area contributed by atoms with E-state index in [1.165, 1.54) is 51.4 Å². The third-order valence-corrected chi connectivity index (χ3v) is 3.43. The molecule has 1 rings (SSSR count). The fraction of sp³-hybridized carbons (Fsp3) is 1.00. The first kappa shape index (κ1) is 11.1. The van der Waals surface area contributed by atoms with Gasteiger partial charge in [-0.2, -0.15) is 0 Å². The maximum Gasteiger partial charge on any atom is -0.0383 e. The molecule has 0 aromatic heterocycles. The van der Waals surface area contributed by atoms with E-state index < -0.39 is 0 Å². The lowest BCUT2D eigenvalue weighted by Crippen LogP contribution is -1.84. The predicted molar refractivity (Wildman–Crippen MR) is 59.9 cm³/mol. The highest BCUT2D eigenvalue weighted by Crippen LogP contribution is 2.45. The highest BCUT2D eigenvalue weighted by atomic mass is 14.4. The summed E-state index contributed by atoms with van der Waals surface area (Å²) < 4.78 is 0. The lowest BCUT2D eigenvalue weighted by molar-refractivity contribution is 0.540. The quantitative estimate of drug-likeness (QED) is 0.474. The van der Waals surface area contributed by atoms with Crippen molar-refractivity contribution in [3.05, 3.63) is 0 Å². The van der Waals surface area contributed by atoms with Gasteiger partial charge in [-0.1, -0.05) is 65.2 Å². The molecule has 0 heterocycles. The molecule has 0 aromatic rings. The average molecular weight is 182 g/mol. The highest BCUT2D eigenvalue weighted by molar-refractivity contribution is 4.85. The third kappa shape index (κ3) is 4.69. The topological polar surface area (TPSA) is 0 Å². The molecule has 0 saturated heterocycles. The van der Waals surface area contributed by atoms with E-state index in [9.17, 15) is 0 Å². The summed E-state index contributed by atoms with van der Waals surface area (Å²) in [6, 6.07) is 0. The Labute approximate surface area is 84.1 Å². The van der Waals surface area contributed by atoms with Gasteiger partial charge in [0.1, 0.15) is 0 Å². The lowest BCUT2D eigenvalue weighted by Gasteiger charge is -1.99. The molecule has 0 nitrogen and oxygen atoms in total. The van der Waals surface area contributed by atoms with Crippen LogP contribution in [0.4, 0.5) is 0 Å². The molecule has 0 aromatic carbocycles. The Bertz CT molecular complexity index is 117. The number of hydrogen-bond acceptors (Lipinski definition) is 0. The highest BCUT2D eigenvalue weighted by Gasteiger charge is 2.34. The number of rotatable bonds is 8. The molecule has 0 aliphatic heterocycles. The van der Waals surface area contributed by atoms with Crippen molar-refractivity contribution in [2.75, 3.05) is 0 Å². The monoisotopic (exact) mass is 182 g/mol. The summed E-state index contributed by atoms with van der Waals surface area (Å²) in [6.07, 6.45) is 13.3. The van der Waals surface area contributed by atoms with Crippen LogP contribution in [0.5, 0.6) is 0 Å². The molecule has 0 amide bonds. The van der Waals surface area contributed by atoms with E-state index in [0.717, 1.165) is 11.8 Å². The van der Waals surface area contributed by atoms with Crippen LogP contribution in [-0.4, -0.2) is 0 Å². The fourth-order valence-electron chi connectivity index (χ4n) is 2.32. The van der Waals surface area contributed by atoms with Gasteiger partial charge < -0.3 is 0 Å². The molecule has 1 saturated carbocycles. The van der Waals surface area contributed by atoms with Crippen molar-refractivity contribution in [1.29, 1.82) is 0 Å². The minimum atomic E-state index is 1.14. The summed E-state index contributed by atoms with van der Waals surface area (Å²) in [7, 11) is 0. The van der Waals surface area contributed by atoms with Gasteiger partial charge in [0, 0.05) is 0 Å². The molecular formula is C13H26. The van der Waals surface area contributed by atoms with E-state index >= 15 is 0 Å². The first-order valence-electron chi connectivity index (χ1n) is 6.38. The molecule has 0 heteroatoms. The molecule has 78 valence electrons. The van der Waals surface area contributed by atoms with Crippen LogP contribution < -0.4 is 0 Å². The molecule has 1 fully saturated rings. The fourth-order valence-corrected chi connectivity index (χ4v) is 2.32. The van der Waals surface area contributed by atoms with E-state index in [1.807, 2.05) is 0 Å². The van der Waals surface area contributed by atoms with Crippen molar-refractivity contribution >= 4 is 0 Å². The van der Waals surface area contributed by atoms with Gasteiger partial charge in [-0.3, -0.25) is 0 Å². The van der Waals surface area contributed by atoms with Crippen molar-refractivity contribution in [3.8, 4) is 0 Å². The van der Waals surface area contributed by atoms with Gasteiger partial charge in [0.2, 0.25) is 0 Å². The summed E-state index contributed by atoms with van der Waals surface area (Å²) in [6.45, 7) is 4.60. The van der Waals surface area contributed by atoms with Gasteiger partial charge in [-0.05, 0) is 18.3 Å². The first-order valence-corrected chi connectivity index (χ1v) is 6.38. The van der Waals surface area contributed by atoms with Crippen LogP contribution in [0.25, 0.3) is 0 Å². The first-order chi connectivity index (χ1) is 6.38. The lowest BCUT2D eigenvalue weighted by atomic mass is 10.1. The smallest absolute Gasteiger partial charge is 0.0383 e. The summed E-state index contributed by atoms with van der Waals surface area (Å²) in [4.78, 5) is 0. The van der Waals surface area contributed by atoms with Gasteiger partial charge in [-0.15, -0.1) is 0 Å². The summed E-state index contributed by atoms with van der Waals surface area (Å²) in [5.74, 6) is 2.28. The van der Waals surface area contributed by atoms with Gasteiger partial charge >= 0.3 is 0 Å². The van der Waals surface area contributed by atoms with Crippen LogP contribution in [-0.2, 0) is 0 Å². The average Bonchev–Trinajstić information content (AvgIpc) is 2.88. The Morgan fingerprint density at radius 2 is 1.38 bits per heavy atom. The standard InChI is InChI=1S/C13H26/c1-3-5-7-8-10-13-11-12(13)9-6-4-2/h12-13H,3-11H2,1-2H3/t12-,13?/m0/s1. The van der Waals surface area contributed by atoms with E-state index in [2.05, 4.69) is 13.8 Å². The van der Waals surface area contributed by atoms with E-state index in [4.69, 9.17) is 0 Å². The van der Waals surface area contributed by atoms with E-state index in [-0.39, 0.29) is 0 Å². The van der Waals surface area contributed by atoms with Crippen LogP contribution in [0.2, 0.25) is 0 Å². The van der Waals surface area contributed by atoms with Crippen LogP contribution in [0, 0.1) is 11.8 Å². The molecule has 0 bridgehead atoms. The Morgan fingerprint density at radius 3 is 2.00 bits per heavy atom. The SMILES string of the molecule is CCCCCCC1C[C@@H]1CCCC. The van der Waals surface area contributed by atoms with E-state index in [0.29, 0.717) is 0 Å². The molecule has 0 radical (unpaired) electrons. The number of hydrogen-bond donors (Lipinski definition) is 0. The zero-order chi connectivity index (χ0) is 9.52. The van der Waals surface area contributed by atoms with Gasteiger partial charge in [0.05, 0.1) is 0 Å². The minimum absolute atomic E-state index is 1.14. The zero-order valence-electron chi connectivity index (χ0n) is 9.52. The molecule has 1 aliphatic rings. The van der Waals surface area contributed by atoms with Gasteiger partial charge in [0.25, 0.3) is 0 Å². The third-order valence-electron chi connectivity index (χ3n) is 3.43. The van der Waals surface area contributed by atoms with Crippen molar-refractivity contribution in [3.63, 3.8) is 0 Å². The van der Waals surface area contributed by atoms with Gasteiger partial charge in [0.15, 0.2) is 0 Å². The second-order valence-corrected chi connectivity index (χ2v) is 4.75. The zero-order valence-corrected chi connectivity index (χ0v) is 9.52. The van der Waals surface area contributed by atoms with Crippen LogP contribution in [0.15, 0.2) is 0 Å². The normalized spacial score (nSPS) is 26.3. The predicted octanol–water partition coefficient (Wildman–Crippen LogP) is 4.78. The molecule has 2 atom stereocenters. The van der Waals surface area contributed by atoms with E-state index in [1.54, 1.807) is 6.42 Å². The molecule has 1 unspecified atom stereocenters. The van der Waals surface area contributed by atoms with Crippen molar-refractivity contribution in [2.24, 2.45) is 11.8 Å². The molecule has 13 heavy (non-hydrogen) atoms. The van der Waals surface area contributed by atoms with Crippen molar-refractivity contribution in [2.45, 2.75) is 71.6 Å². The molecular weight excluding hydrogens is 156 g/mol. The maximum absolute atomic E-state index is 2.30. The van der Waals surface area contributed by atoms with Crippen LogP contribution in [0.3, 0.4) is 0 Å². The second kappa shape index (κ2) is 6.45. The van der Waals surface area contributed by atoms with Crippen LogP contribution in [0.1, 0.15) is 71.6 Å². The van der Waals surface area contributed by atoms with Gasteiger partial charge in [-0.25, -0.2) is 0 Å². The summed E-state index contributed by atoms with van der Waals surface area (Å²) in [5.41, 5.74) is 0. The van der Waals surface area contributed by atoms with Crippen molar-refractivity contribution in [1.82, 2.24) is 0 Å². The molecule has 0 N–H and O–H groups in total. The minimum Gasteiger partial charge on any atom is -0.0654 e. The Hall–Kier alpha value is 0. The number of unbranched alkanes of at least 4 members (excludes halogenated alkanes) is 4. The van der Waals surface area contributed by atoms with Crippen molar-refractivity contribution < 1.29 is 0 Å². The Morgan fingerprint density at radius 1 is 0.769 bits per heavy atom. The molecule has 0 spiro atoms. The van der Waals surface area contributed by atoms with Crippen LogP contribution >= 0.6 is 0 Å². The summed E-state index contributed by atoms with van der Waals surface area (Å²) in [5, 5.41) is 0. The Kier molecular flexibility index (Phi) is 5.50. The largest absolute Gasteiger partial charge is 0.0654 e. The summed E-state index contributed by atoms with van der Waals surface area (Å²) >= 11 is 0. The Balaban J connectivity index is 1.83. The second-order valence-electron chi connectivity index (χ2n) is 4.75. The molecule has 1 aliphatic carbocycles. The maximum atomic E-state index is 2.30.